The third-order valence-electron chi connectivity index (χ3n) is 12.2. The van der Waals surface area contributed by atoms with Crippen molar-refractivity contribution in [3.05, 3.63) is 48.0 Å². The Balaban J connectivity index is 1.95. The molecular weight excluding hydrogens is 1210 g/mol. The Labute approximate surface area is 531 Å². The minimum atomic E-state index is 0.0209. The maximum absolute atomic E-state index is 13.8. The molecule has 2 heterocycles. The maximum Gasteiger partial charge on any atom is 0.223 e. The second kappa shape index (κ2) is 53.2. The number of hydrogen-bond acceptors (Lipinski definition) is 17. The average molecular weight is 1310 g/mol. The topological polar surface area (TPSA) is 296 Å². The fraction of sp³-hybridized carbons (Fsp3) is 0.714. The number of nitrogens with zero attached hydrogens (tertiary/aromatic N) is 8. The zero-order valence-corrected chi connectivity index (χ0v) is 55.8. The molecule has 19 nitrogen and oxygen atoms in total. The number of thioether (sulfide) groups is 8. The standard InChI is InChI=1S/C56H100N14O5S8/c1-2-22-67(26-19-63-54(57)58)50(71)15-42-80-38-9-36-78-32-5-25-70-47-49-13-11-48(12-14-49)46-66-75-29-6-33-79-37-10-41-82-44-17-52(73)69(28-21-65-56(61)62)23-3-30-76-34-7-39-81-43-16-51(72)68(27-20-64-55(59)60)24-4-31-77-35-8-40-83-45-18-53(70)74/h2,11-14,46H,1,3-10,15-45,47H2,(H4,57,58,63)(H4,59,60,64)(H4,61,62,65). The zero-order valence-electron chi connectivity index (χ0n) is 49.3. The highest BCUT2D eigenvalue weighted by molar-refractivity contribution is 8.01. The van der Waals surface area contributed by atoms with E-state index < -0.39 is 0 Å². The van der Waals surface area contributed by atoms with Gasteiger partial charge in [-0.1, -0.05) is 35.5 Å². The molecule has 83 heavy (non-hydrogen) atoms. The van der Waals surface area contributed by atoms with E-state index in [1.807, 2.05) is 109 Å². The van der Waals surface area contributed by atoms with Crippen LogP contribution in [-0.2, 0) is 30.6 Å². The molecule has 2 aliphatic heterocycles. The van der Waals surface area contributed by atoms with Gasteiger partial charge in [-0.05, 0) is 132 Å². The van der Waals surface area contributed by atoms with Gasteiger partial charge in [0.05, 0.1) is 25.8 Å². The Hall–Kier alpha value is -3.08. The average Bonchev–Trinajstić information content (AvgIpc) is 3.51. The molecule has 0 saturated heterocycles. The molecule has 1 aromatic carbocycles. The highest BCUT2D eigenvalue weighted by Gasteiger charge is 2.17. The summed E-state index contributed by atoms with van der Waals surface area (Å²) in [5, 5.41) is 4.22. The van der Waals surface area contributed by atoms with Crippen molar-refractivity contribution in [1.82, 2.24) is 19.6 Å². The van der Waals surface area contributed by atoms with Crippen LogP contribution in [0, 0.1) is 0 Å². The van der Waals surface area contributed by atoms with E-state index in [1.54, 1.807) is 29.0 Å². The molecule has 2 bridgehead atoms. The molecule has 27 heteroatoms. The lowest BCUT2D eigenvalue weighted by molar-refractivity contribution is -0.132. The molecule has 0 aliphatic carbocycles. The summed E-state index contributed by atoms with van der Waals surface area (Å²) in [6.07, 6.45) is 13.3. The number of rotatable bonds is 22. The first-order chi connectivity index (χ1) is 40.4. The number of carbonyl (C=O) groups excluding carboxylic acids is 4. The van der Waals surface area contributed by atoms with Gasteiger partial charge in [-0.25, -0.2) is 0 Å². The minimum Gasteiger partial charge on any atom is -0.396 e. The largest absolute Gasteiger partial charge is 0.396 e. The first kappa shape index (κ1) is 76.0. The molecule has 0 unspecified atom stereocenters. The van der Waals surface area contributed by atoms with Crippen molar-refractivity contribution in [2.75, 3.05) is 164 Å². The molecular formula is C56H100N14O5S8. The lowest BCUT2D eigenvalue weighted by atomic mass is 10.1. The molecule has 0 fully saturated rings. The SMILES string of the molecule is C=CCN(CCN=C(N)N)C(=O)CCSCCCSCCCN1Cc2ccc(cc2)C=NOCCCSCCCSCCC(=O)N(CCN=C(N)N)CCCSCCCSCCC(=O)N(CCN=C(N)N)CCCSCCCSCCC1=O. The van der Waals surface area contributed by atoms with Gasteiger partial charge < -0.3 is 58.8 Å². The lowest BCUT2D eigenvalue weighted by Gasteiger charge is -2.23. The fourth-order valence-corrected chi connectivity index (χ4v) is 15.7. The number of nitrogens with two attached hydrogens (primary N) is 6. The molecule has 0 atom stereocenters. The van der Waals surface area contributed by atoms with E-state index in [-0.39, 0.29) is 41.5 Å². The predicted octanol–water partition coefficient (Wildman–Crippen LogP) is 6.42. The number of guanidine groups is 3. The molecule has 0 saturated carbocycles. The monoisotopic (exact) mass is 1300 g/mol. The van der Waals surface area contributed by atoms with E-state index in [0.717, 1.165) is 155 Å². The molecule has 3 rings (SSSR count). The van der Waals surface area contributed by atoms with Crippen LogP contribution < -0.4 is 34.4 Å². The number of aliphatic imine (C=N–C) groups is 3. The van der Waals surface area contributed by atoms with E-state index in [9.17, 15) is 19.2 Å². The summed E-state index contributed by atoms with van der Waals surface area (Å²) in [5.74, 6) is 15.8. The maximum atomic E-state index is 13.8. The number of fused-ring (bicyclic) bond motifs is 40. The number of carbonyl (C=O) groups is 4. The van der Waals surface area contributed by atoms with Gasteiger partial charge in [-0.15, -0.1) is 6.58 Å². The van der Waals surface area contributed by atoms with Crippen LogP contribution in [-0.4, -0.2) is 231 Å². The van der Waals surface area contributed by atoms with Crippen LogP contribution in [0.2, 0.25) is 0 Å². The quantitative estimate of drug-likeness (QED) is 0.0316. The van der Waals surface area contributed by atoms with Crippen LogP contribution in [0.5, 0.6) is 0 Å². The summed E-state index contributed by atoms with van der Waals surface area (Å²) in [4.78, 5) is 78.5. The van der Waals surface area contributed by atoms with Crippen LogP contribution in [0.4, 0.5) is 0 Å². The Kier molecular flexibility index (Phi) is 48.7. The molecule has 12 N–H and O–H groups in total. The first-order valence-corrected chi connectivity index (χ1v) is 38.4. The van der Waals surface area contributed by atoms with Gasteiger partial charge in [0.15, 0.2) is 17.9 Å². The molecule has 0 aromatic heterocycles. The summed E-state index contributed by atoms with van der Waals surface area (Å²) >= 11 is 14.9. The second-order valence-corrected chi connectivity index (χ2v) is 29.0. The molecule has 0 radical (unpaired) electrons. The fourth-order valence-electron chi connectivity index (χ4n) is 7.90. The number of benzene rings is 1. The lowest BCUT2D eigenvalue weighted by Crippen LogP contribution is -2.35. The molecule has 4 amide bonds. The minimum absolute atomic E-state index is 0.0209. The third kappa shape index (κ3) is 44.1. The van der Waals surface area contributed by atoms with Crippen molar-refractivity contribution in [2.45, 2.75) is 83.6 Å². The van der Waals surface area contributed by atoms with E-state index in [2.05, 4.69) is 38.8 Å². The summed E-state index contributed by atoms with van der Waals surface area (Å²) < 4.78 is 0. The van der Waals surface area contributed by atoms with Gasteiger partial charge in [0.25, 0.3) is 0 Å². The van der Waals surface area contributed by atoms with Crippen molar-refractivity contribution < 1.29 is 24.0 Å². The van der Waals surface area contributed by atoms with E-state index in [0.29, 0.717) is 104 Å². The van der Waals surface area contributed by atoms with Crippen LogP contribution >= 0.6 is 94.1 Å². The Morgan fingerprint density at radius 3 is 1.53 bits per heavy atom. The summed E-state index contributed by atoms with van der Waals surface area (Å²) in [6, 6.07) is 8.19. The van der Waals surface area contributed by atoms with Gasteiger partial charge in [0.2, 0.25) is 23.6 Å². The van der Waals surface area contributed by atoms with Crippen LogP contribution in [0.25, 0.3) is 0 Å². The van der Waals surface area contributed by atoms with Crippen molar-refractivity contribution in [1.29, 1.82) is 0 Å². The van der Waals surface area contributed by atoms with Crippen LogP contribution in [0.1, 0.15) is 88.2 Å². The summed E-state index contributed by atoms with van der Waals surface area (Å²) in [5.41, 5.74) is 35.2. The normalized spacial score (nSPS) is 17.2. The van der Waals surface area contributed by atoms with Crippen molar-refractivity contribution >= 4 is 142 Å². The first-order valence-electron chi connectivity index (χ1n) is 29.1. The van der Waals surface area contributed by atoms with Crippen molar-refractivity contribution in [2.24, 2.45) is 54.5 Å². The van der Waals surface area contributed by atoms with Gasteiger partial charge >= 0.3 is 0 Å². The number of amides is 4. The van der Waals surface area contributed by atoms with Gasteiger partial charge in [0.1, 0.15) is 6.61 Å². The molecule has 472 valence electrons. The van der Waals surface area contributed by atoms with Crippen LogP contribution in [0.3, 0.4) is 0 Å². The third-order valence-corrected chi connectivity index (χ3v) is 21.1. The van der Waals surface area contributed by atoms with E-state index >= 15 is 0 Å². The Bertz CT molecular complexity index is 2000. The summed E-state index contributed by atoms with van der Waals surface area (Å²) in [6.45, 7) is 10.0. The summed E-state index contributed by atoms with van der Waals surface area (Å²) in [7, 11) is 0. The highest BCUT2D eigenvalue weighted by atomic mass is 32.2. The Morgan fingerprint density at radius 1 is 0.578 bits per heavy atom. The van der Waals surface area contributed by atoms with Crippen molar-refractivity contribution in [3.8, 4) is 0 Å². The van der Waals surface area contributed by atoms with Crippen molar-refractivity contribution in [3.63, 3.8) is 0 Å². The second-order valence-electron chi connectivity index (χ2n) is 19.2. The van der Waals surface area contributed by atoms with E-state index in [1.165, 1.54) is 0 Å². The van der Waals surface area contributed by atoms with Gasteiger partial charge in [-0.3, -0.25) is 34.2 Å². The predicted molar refractivity (Wildman–Crippen MR) is 371 cm³/mol. The number of oxime groups is 1. The zero-order chi connectivity index (χ0) is 60.2. The molecule has 2 aliphatic rings. The highest BCUT2D eigenvalue weighted by Crippen LogP contribution is 2.18. The van der Waals surface area contributed by atoms with E-state index in [4.69, 9.17) is 39.2 Å². The van der Waals surface area contributed by atoms with Crippen LogP contribution in [0.15, 0.2) is 57.1 Å². The molecule has 0 spiro atoms. The van der Waals surface area contributed by atoms with Gasteiger partial charge in [-0.2, -0.15) is 94.1 Å². The Morgan fingerprint density at radius 2 is 1.02 bits per heavy atom. The number of hydrogen-bond donors (Lipinski definition) is 6. The molecule has 1 aromatic rings. The van der Waals surface area contributed by atoms with Gasteiger partial charge in [0, 0.05) is 101 Å². The smallest absolute Gasteiger partial charge is 0.223 e.